The lowest BCUT2D eigenvalue weighted by Crippen LogP contribution is -2.26. The highest BCUT2D eigenvalue weighted by molar-refractivity contribution is 5.92. The van der Waals surface area contributed by atoms with E-state index < -0.39 is 12.6 Å². The highest BCUT2D eigenvalue weighted by Crippen LogP contribution is 2.19. The smallest absolute Gasteiger partial charge is 0.341 e. The van der Waals surface area contributed by atoms with Gasteiger partial charge in [-0.05, 0) is 36.2 Å². The van der Waals surface area contributed by atoms with Gasteiger partial charge in [0.1, 0.15) is 5.75 Å². The molecule has 0 aromatic heterocycles. The molecule has 0 fully saturated rings. The Balaban J connectivity index is 1.70. The van der Waals surface area contributed by atoms with Gasteiger partial charge in [0.2, 0.25) is 5.91 Å². The van der Waals surface area contributed by atoms with Crippen LogP contribution in [0, 0.1) is 0 Å². The fraction of sp³-hybridized carbons (Fsp3) is 0.300. The van der Waals surface area contributed by atoms with Crippen LogP contribution in [0.2, 0.25) is 0 Å². The van der Waals surface area contributed by atoms with Gasteiger partial charge >= 0.3 is 5.97 Å². The zero-order valence-corrected chi connectivity index (χ0v) is 14.8. The number of carbonyl (C=O) groups excluding carboxylic acids is 1. The number of hydrogen-bond acceptors (Lipinski definition) is 4. The first-order valence-electron chi connectivity index (χ1n) is 8.39. The fourth-order valence-electron chi connectivity index (χ4n) is 2.31. The molecule has 0 bridgehead atoms. The number of benzene rings is 2. The van der Waals surface area contributed by atoms with Gasteiger partial charge in [-0.1, -0.05) is 30.3 Å². The van der Waals surface area contributed by atoms with Crippen LogP contribution in [-0.2, 0) is 20.9 Å². The summed E-state index contributed by atoms with van der Waals surface area (Å²) < 4.78 is 10.7. The average Bonchev–Trinajstić information content (AvgIpc) is 2.66. The van der Waals surface area contributed by atoms with Crippen LogP contribution >= 0.6 is 0 Å². The van der Waals surface area contributed by atoms with Gasteiger partial charge in [0, 0.05) is 25.8 Å². The Morgan fingerprint density at radius 1 is 1.04 bits per heavy atom. The summed E-state index contributed by atoms with van der Waals surface area (Å²) in [6, 6.07) is 16.6. The molecule has 0 aliphatic carbocycles. The molecule has 0 aliphatic rings. The molecule has 0 spiro atoms. The van der Waals surface area contributed by atoms with Gasteiger partial charge < -0.3 is 19.5 Å². The molecule has 0 aliphatic heterocycles. The number of anilines is 1. The maximum Gasteiger partial charge on any atom is 0.341 e. The first kappa shape index (κ1) is 19.5. The van der Waals surface area contributed by atoms with Crippen molar-refractivity contribution in [3.05, 3.63) is 60.2 Å². The van der Waals surface area contributed by atoms with Crippen molar-refractivity contribution in [2.75, 3.05) is 25.2 Å². The maximum atomic E-state index is 12.2. The number of ether oxygens (including phenoxy) is 2. The number of rotatable bonds is 10. The van der Waals surface area contributed by atoms with Crippen LogP contribution in [0.1, 0.15) is 18.4 Å². The minimum Gasteiger partial charge on any atom is -0.482 e. The van der Waals surface area contributed by atoms with Crippen LogP contribution in [0.25, 0.3) is 0 Å². The molecule has 138 valence electrons. The van der Waals surface area contributed by atoms with Crippen LogP contribution in [0.15, 0.2) is 54.6 Å². The molecule has 1 N–H and O–H groups in total. The number of amides is 1. The molecule has 26 heavy (non-hydrogen) atoms. The van der Waals surface area contributed by atoms with Gasteiger partial charge in [-0.3, -0.25) is 4.79 Å². The number of hydrogen-bond donors (Lipinski definition) is 1. The summed E-state index contributed by atoms with van der Waals surface area (Å²) in [6.07, 6.45) is 1.04. The predicted molar refractivity (Wildman–Crippen MR) is 98.3 cm³/mol. The van der Waals surface area contributed by atoms with Crippen LogP contribution < -0.4 is 9.64 Å². The zero-order valence-electron chi connectivity index (χ0n) is 14.8. The second-order valence-electron chi connectivity index (χ2n) is 5.77. The van der Waals surface area contributed by atoms with Gasteiger partial charge in [-0.15, -0.1) is 0 Å². The van der Waals surface area contributed by atoms with E-state index in [0.717, 1.165) is 11.3 Å². The Kier molecular flexibility index (Phi) is 7.64. The molecule has 2 aromatic rings. The lowest BCUT2D eigenvalue weighted by molar-refractivity contribution is -0.139. The number of carbonyl (C=O) groups is 2. The van der Waals surface area contributed by atoms with E-state index >= 15 is 0 Å². The van der Waals surface area contributed by atoms with Crippen molar-refractivity contribution in [1.82, 2.24) is 0 Å². The van der Waals surface area contributed by atoms with Crippen molar-refractivity contribution in [3.63, 3.8) is 0 Å². The van der Waals surface area contributed by atoms with Crippen molar-refractivity contribution in [1.29, 1.82) is 0 Å². The summed E-state index contributed by atoms with van der Waals surface area (Å²) in [5, 5.41) is 8.59. The minimum absolute atomic E-state index is 0.00693. The first-order chi connectivity index (χ1) is 12.6. The number of nitrogens with zero attached hydrogens (tertiary/aromatic N) is 1. The Hall–Kier alpha value is -2.86. The van der Waals surface area contributed by atoms with Gasteiger partial charge in [0.25, 0.3) is 0 Å². The maximum absolute atomic E-state index is 12.2. The van der Waals surface area contributed by atoms with E-state index in [1.807, 2.05) is 30.3 Å². The lowest BCUT2D eigenvalue weighted by Gasteiger charge is -2.17. The van der Waals surface area contributed by atoms with E-state index in [1.165, 1.54) is 0 Å². The topological polar surface area (TPSA) is 76.1 Å². The Morgan fingerprint density at radius 2 is 1.73 bits per heavy atom. The molecule has 6 nitrogen and oxygen atoms in total. The summed E-state index contributed by atoms with van der Waals surface area (Å²) in [5.41, 5.74) is 1.84. The van der Waals surface area contributed by atoms with Crippen molar-refractivity contribution in [2.45, 2.75) is 19.4 Å². The quantitative estimate of drug-likeness (QED) is 0.661. The standard InChI is InChI=1S/C20H23NO5/c1-21(17-9-11-18(12-10-17)26-15-20(23)24)19(22)8-5-13-25-14-16-6-3-2-4-7-16/h2-4,6-7,9-12H,5,8,13-15H2,1H3,(H,23,24). The first-order valence-corrected chi connectivity index (χ1v) is 8.39. The minimum atomic E-state index is -1.03. The van der Waals surface area contributed by atoms with Crippen molar-refractivity contribution < 1.29 is 24.2 Å². The van der Waals surface area contributed by atoms with Crippen LogP contribution in [0.5, 0.6) is 5.75 Å². The molecule has 0 heterocycles. The molecule has 0 radical (unpaired) electrons. The van der Waals surface area contributed by atoms with Crippen molar-refractivity contribution in [2.24, 2.45) is 0 Å². The number of aliphatic carboxylic acids is 1. The molecule has 2 rings (SSSR count). The van der Waals surface area contributed by atoms with Crippen LogP contribution in [0.3, 0.4) is 0 Å². The van der Waals surface area contributed by atoms with E-state index in [2.05, 4.69) is 0 Å². The fourth-order valence-corrected chi connectivity index (χ4v) is 2.31. The Morgan fingerprint density at radius 3 is 2.38 bits per heavy atom. The SMILES string of the molecule is CN(C(=O)CCCOCc1ccccc1)c1ccc(OCC(=O)O)cc1. The van der Waals surface area contributed by atoms with Gasteiger partial charge in [0.15, 0.2) is 6.61 Å². The molecule has 2 aromatic carbocycles. The van der Waals surface area contributed by atoms with Crippen molar-refractivity contribution in [3.8, 4) is 5.75 Å². The molecule has 0 unspecified atom stereocenters. The molecular weight excluding hydrogens is 334 g/mol. The largest absolute Gasteiger partial charge is 0.482 e. The molecule has 0 saturated carbocycles. The summed E-state index contributed by atoms with van der Waals surface area (Å²) in [5.74, 6) is -0.588. The third kappa shape index (κ3) is 6.57. The molecule has 6 heteroatoms. The van der Waals surface area contributed by atoms with Crippen molar-refractivity contribution >= 4 is 17.6 Å². The van der Waals surface area contributed by atoms with E-state index in [4.69, 9.17) is 14.6 Å². The molecular formula is C20H23NO5. The monoisotopic (exact) mass is 357 g/mol. The third-order valence-electron chi connectivity index (χ3n) is 3.75. The zero-order chi connectivity index (χ0) is 18.8. The summed E-state index contributed by atoms with van der Waals surface area (Å²) in [7, 11) is 1.71. The van der Waals surface area contributed by atoms with Gasteiger partial charge in [-0.2, -0.15) is 0 Å². The van der Waals surface area contributed by atoms with E-state index in [0.29, 0.717) is 31.8 Å². The lowest BCUT2D eigenvalue weighted by atomic mass is 10.2. The normalized spacial score (nSPS) is 10.3. The van der Waals surface area contributed by atoms with Crippen LogP contribution in [-0.4, -0.2) is 37.2 Å². The van der Waals surface area contributed by atoms with Gasteiger partial charge in [0.05, 0.1) is 6.61 Å². The van der Waals surface area contributed by atoms with E-state index in [1.54, 1.807) is 36.2 Å². The summed E-state index contributed by atoms with van der Waals surface area (Å²) in [4.78, 5) is 24.3. The van der Waals surface area contributed by atoms with E-state index in [9.17, 15) is 9.59 Å². The van der Waals surface area contributed by atoms with Gasteiger partial charge in [-0.25, -0.2) is 4.79 Å². The molecule has 0 saturated heterocycles. The molecule has 1 amide bonds. The highest BCUT2D eigenvalue weighted by atomic mass is 16.5. The van der Waals surface area contributed by atoms with E-state index in [-0.39, 0.29) is 5.91 Å². The third-order valence-corrected chi connectivity index (χ3v) is 3.75. The Bertz CT molecular complexity index is 700. The second-order valence-corrected chi connectivity index (χ2v) is 5.77. The predicted octanol–water partition coefficient (Wildman–Crippen LogP) is 3.11. The molecule has 0 atom stereocenters. The number of carboxylic acids is 1. The second kappa shape index (κ2) is 10.2. The Labute approximate surface area is 153 Å². The average molecular weight is 357 g/mol. The summed E-state index contributed by atoms with van der Waals surface area (Å²) >= 11 is 0. The highest BCUT2D eigenvalue weighted by Gasteiger charge is 2.11. The number of carboxylic acid groups (broad SMARTS) is 1. The summed E-state index contributed by atoms with van der Waals surface area (Å²) in [6.45, 7) is 0.677. The van der Waals surface area contributed by atoms with Crippen LogP contribution in [0.4, 0.5) is 5.69 Å².